The highest BCUT2D eigenvalue weighted by Gasteiger charge is 2.19. The van der Waals surface area contributed by atoms with Crippen LogP contribution in [0, 0.1) is 5.82 Å². The van der Waals surface area contributed by atoms with Gasteiger partial charge in [0.25, 0.3) is 0 Å². The molecule has 1 aliphatic rings. The van der Waals surface area contributed by atoms with Gasteiger partial charge in [0.2, 0.25) is 5.91 Å². The summed E-state index contributed by atoms with van der Waals surface area (Å²) in [5, 5.41) is 8.88. The van der Waals surface area contributed by atoms with Gasteiger partial charge in [-0.1, -0.05) is 43.3 Å². The smallest absolute Gasteiger partial charge is 0.328 e. The van der Waals surface area contributed by atoms with Gasteiger partial charge in [0, 0.05) is 23.7 Å². The number of amides is 1. The van der Waals surface area contributed by atoms with Crippen molar-refractivity contribution in [2.24, 2.45) is 5.73 Å². The maximum Gasteiger partial charge on any atom is 0.328 e. The number of carbonyl (C=O) groups is 2. The van der Waals surface area contributed by atoms with Gasteiger partial charge in [-0.2, -0.15) is 0 Å². The lowest BCUT2D eigenvalue weighted by Gasteiger charge is -2.18. The topological polar surface area (TPSA) is 104 Å². The van der Waals surface area contributed by atoms with Gasteiger partial charge in [-0.25, -0.2) is 14.6 Å². The summed E-state index contributed by atoms with van der Waals surface area (Å²) < 4.78 is 15.2. The van der Waals surface area contributed by atoms with Crippen LogP contribution in [0.3, 0.4) is 0 Å². The lowest BCUT2D eigenvalue weighted by atomic mass is 9.86. The average Bonchev–Trinajstić information content (AvgIpc) is 3.30. The Hall–Kier alpha value is -4.23. The van der Waals surface area contributed by atoms with E-state index in [0.717, 1.165) is 45.2 Å². The number of allylic oxidation sites excluding steroid dienone is 1. The molecular weight excluding hydrogens is 433 g/mol. The molecule has 3 aromatic carbocycles. The molecule has 5 N–H and O–H groups in total. The zero-order valence-corrected chi connectivity index (χ0v) is 18.6. The van der Waals surface area contributed by atoms with Crippen LogP contribution in [0.4, 0.5) is 10.1 Å². The predicted molar refractivity (Wildman–Crippen MR) is 131 cm³/mol. The molecule has 0 aromatic heterocycles. The van der Waals surface area contributed by atoms with Crippen LogP contribution in [0.25, 0.3) is 17.2 Å². The number of hydrogen-bond donors (Lipinski definition) is 4. The number of carboxylic acid groups (broad SMARTS) is 1. The number of hydrazine groups is 1. The average molecular weight is 458 g/mol. The number of benzene rings is 3. The first kappa shape index (κ1) is 22.9. The molecule has 6 nitrogen and oxygen atoms in total. The molecule has 0 radical (unpaired) electrons. The number of anilines is 1. The van der Waals surface area contributed by atoms with Crippen molar-refractivity contribution < 1.29 is 19.1 Å². The predicted octanol–water partition coefficient (Wildman–Crippen LogP) is 4.82. The van der Waals surface area contributed by atoms with Gasteiger partial charge in [0.05, 0.1) is 5.69 Å². The van der Waals surface area contributed by atoms with Crippen molar-refractivity contribution >= 4 is 34.8 Å². The van der Waals surface area contributed by atoms with Crippen LogP contribution in [0.15, 0.2) is 66.7 Å². The third-order valence-electron chi connectivity index (χ3n) is 5.75. The molecular formula is C27H24FN3O3. The molecule has 1 amide bonds. The minimum Gasteiger partial charge on any atom is -0.478 e. The Morgan fingerprint density at radius 2 is 1.74 bits per heavy atom. The molecule has 172 valence electrons. The highest BCUT2D eigenvalue weighted by Crippen LogP contribution is 2.37. The second-order valence-corrected chi connectivity index (χ2v) is 7.91. The molecule has 0 fully saturated rings. The van der Waals surface area contributed by atoms with Crippen LogP contribution >= 0.6 is 0 Å². The van der Waals surface area contributed by atoms with Crippen molar-refractivity contribution in [3.05, 3.63) is 106 Å². The Labute approximate surface area is 196 Å². The summed E-state index contributed by atoms with van der Waals surface area (Å²) in [6, 6.07) is 17.8. The number of hydrogen-bond acceptors (Lipinski definition) is 4. The monoisotopic (exact) mass is 457 g/mol. The standard InChI is InChI=1S/C27H24FN3O3/c1-2-21(22-10-8-19(27(29)34)14-23(22)28)26(18-9-11-24-20(13-18)15-30-31-24)17-6-3-16(4-7-17)5-12-25(32)33/h3-14,30-31H,2,15H2,1H3,(H2,29,34)(H,32,33)/b12-5+,26-21+. The van der Waals surface area contributed by atoms with Gasteiger partial charge in [-0.3, -0.25) is 4.79 Å². The maximum atomic E-state index is 15.2. The molecule has 0 bridgehead atoms. The summed E-state index contributed by atoms with van der Waals surface area (Å²) in [5.41, 5.74) is 18.3. The fourth-order valence-electron chi connectivity index (χ4n) is 4.11. The summed E-state index contributed by atoms with van der Waals surface area (Å²) >= 11 is 0. The summed E-state index contributed by atoms with van der Waals surface area (Å²) in [7, 11) is 0. The molecule has 3 aromatic rings. The first-order valence-electron chi connectivity index (χ1n) is 10.8. The number of rotatable bonds is 7. The number of carbonyl (C=O) groups excluding carboxylic acids is 1. The molecule has 0 saturated heterocycles. The summed E-state index contributed by atoms with van der Waals surface area (Å²) in [4.78, 5) is 22.3. The molecule has 1 aliphatic heterocycles. The van der Waals surface area contributed by atoms with Crippen molar-refractivity contribution in [1.82, 2.24) is 5.43 Å². The van der Waals surface area contributed by atoms with Crippen molar-refractivity contribution in [3.8, 4) is 0 Å². The first-order valence-corrected chi connectivity index (χ1v) is 10.8. The van der Waals surface area contributed by atoms with Crippen LogP contribution in [-0.4, -0.2) is 17.0 Å². The van der Waals surface area contributed by atoms with Crippen LogP contribution in [0.1, 0.15) is 51.5 Å². The minimum atomic E-state index is -1.02. The first-order chi connectivity index (χ1) is 16.4. The van der Waals surface area contributed by atoms with E-state index in [1.807, 2.05) is 43.3 Å². The van der Waals surface area contributed by atoms with Gasteiger partial charge in [-0.05, 0) is 70.2 Å². The highest BCUT2D eigenvalue weighted by molar-refractivity contribution is 6.00. The van der Waals surface area contributed by atoms with Crippen molar-refractivity contribution in [1.29, 1.82) is 0 Å². The second-order valence-electron chi connectivity index (χ2n) is 7.91. The third kappa shape index (κ3) is 4.74. The Bertz CT molecular complexity index is 1330. The Morgan fingerprint density at radius 1 is 1.03 bits per heavy atom. The number of fused-ring (bicyclic) bond motifs is 1. The van der Waals surface area contributed by atoms with E-state index in [9.17, 15) is 9.59 Å². The normalized spacial score (nSPS) is 13.4. The van der Waals surface area contributed by atoms with E-state index in [-0.39, 0.29) is 5.56 Å². The fourth-order valence-corrected chi connectivity index (χ4v) is 4.11. The van der Waals surface area contributed by atoms with Gasteiger partial charge in [-0.15, -0.1) is 0 Å². The van der Waals surface area contributed by atoms with E-state index in [4.69, 9.17) is 10.8 Å². The number of nitrogens with two attached hydrogens (primary N) is 1. The lowest BCUT2D eigenvalue weighted by molar-refractivity contribution is -0.131. The number of halogens is 1. The Balaban J connectivity index is 1.90. The van der Waals surface area contributed by atoms with E-state index in [0.29, 0.717) is 18.5 Å². The summed E-state index contributed by atoms with van der Waals surface area (Å²) in [6.07, 6.45) is 3.14. The number of carboxylic acids is 1. The Morgan fingerprint density at radius 3 is 2.38 bits per heavy atom. The van der Waals surface area contributed by atoms with Gasteiger partial charge >= 0.3 is 5.97 Å². The molecule has 1 heterocycles. The summed E-state index contributed by atoms with van der Waals surface area (Å²) in [6.45, 7) is 2.62. The quantitative estimate of drug-likeness (QED) is 0.301. The second kappa shape index (κ2) is 9.72. The van der Waals surface area contributed by atoms with E-state index in [2.05, 4.69) is 16.9 Å². The fraction of sp³-hybridized carbons (Fsp3) is 0.111. The van der Waals surface area contributed by atoms with E-state index in [1.165, 1.54) is 18.2 Å². The SMILES string of the molecule is CC/C(=C(/c1ccc(/C=C/C(=O)O)cc1)c1ccc2c(c1)CNN2)c1ccc(C(N)=O)cc1F. The van der Waals surface area contributed by atoms with Crippen LogP contribution in [0.5, 0.6) is 0 Å². The summed E-state index contributed by atoms with van der Waals surface area (Å²) in [5.74, 6) is -2.22. The molecule has 7 heteroatoms. The third-order valence-corrected chi connectivity index (χ3v) is 5.75. The minimum absolute atomic E-state index is 0.113. The van der Waals surface area contributed by atoms with Crippen LogP contribution in [-0.2, 0) is 11.3 Å². The molecule has 0 atom stereocenters. The van der Waals surface area contributed by atoms with Crippen LogP contribution in [0.2, 0.25) is 0 Å². The molecule has 0 unspecified atom stereocenters. The number of aliphatic carboxylic acids is 1. The maximum absolute atomic E-state index is 15.2. The zero-order valence-electron chi connectivity index (χ0n) is 18.6. The highest BCUT2D eigenvalue weighted by atomic mass is 19.1. The molecule has 0 spiro atoms. The molecule has 0 aliphatic carbocycles. The largest absolute Gasteiger partial charge is 0.478 e. The van der Waals surface area contributed by atoms with Gasteiger partial charge < -0.3 is 16.3 Å². The van der Waals surface area contributed by atoms with Crippen molar-refractivity contribution in [2.75, 3.05) is 5.43 Å². The van der Waals surface area contributed by atoms with Gasteiger partial charge in [0.15, 0.2) is 0 Å². The number of nitrogens with one attached hydrogen (secondary N) is 2. The lowest BCUT2D eigenvalue weighted by Crippen LogP contribution is -2.11. The molecule has 0 saturated carbocycles. The van der Waals surface area contributed by atoms with E-state index in [1.54, 1.807) is 6.07 Å². The molecule has 34 heavy (non-hydrogen) atoms. The Kier molecular flexibility index (Phi) is 6.56. The molecule has 4 rings (SSSR count). The van der Waals surface area contributed by atoms with Crippen molar-refractivity contribution in [3.63, 3.8) is 0 Å². The van der Waals surface area contributed by atoms with Crippen molar-refractivity contribution in [2.45, 2.75) is 19.9 Å². The van der Waals surface area contributed by atoms with Gasteiger partial charge in [0.1, 0.15) is 5.82 Å². The van der Waals surface area contributed by atoms with E-state index >= 15 is 4.39 Å². The van der Waals surface area contributed by atoms with Crippen LogP contribution < -0.4 is 16.6 Å². The number of primary amides is 1. The zero-order chi connectivity index (χ0) is 24.2. The van der Waals surface area contributed by atoms with E-state index < -0.39 is 17.7 Å².